The lowest BCUT2D eigenvalue weighted by molar-refractivity contribution is 0.533. The van der Waals surface area contributed by atoms with Gasteiger partial charge in [-0.15, -0.1) is 24.8 Å². The molecule has 98 valence electrons. The van der Waals surface area contributed by atoms with E-state index < -0.39 is 0 Å². The summed E-state index contributed by atoms with van der Waals surface area (Å²) in [5.41, 5.74) is 1.91. The second-order valence-corrected chi connectivity index (χ2v) is 4.71. The highest BCUT2D eigenvalue weighted by molar-refractivity contribution is 5.85. The summed E-state index contributed by atoms with van der Waals surface area (Å²) in [5.74, 6) is 1.54. The number of rotatable bonds is 1. The van der Waals surface area contributed by atoms with Crippen molar-refractivity contribution in [3.63, 3.8) is 0 Å². The van der Waals surface area contributed by atoms with Crippen molar-refractivity contribution in [3.8, 4) is 6.07 Å². The van der Waals surface area contributed by atoms with Gasteiger partial charge in [0.2, 0.25) is 0 Å². The topological polar surface area (TPSA) is 39.1 Å². The van der Waals surface area contributed by atoms with Crippen LogP contribution in [0.3, 0.4) is 0 Å². The largest absolute Gasteiger partial charge is 0.370 e. The molecule has 3 rings (SSSR count). The third kappa shape index (κ3) is 2.56. The maximum Gasteiger partial charge on any atom is 0.101 e. The van der Waals surface area contributed by atoms with Gasteiger partial charge in [-0.1, -0.05) is 12.1 Å². The summed E-state index contributed by atoms with van der Waals surface area (Å²) in [6, 6.07) is 10.2. The normalized spacial score (nSPS) is 24.7. The fraction of sp³-hybridized carbons (Fsp3) is 0.462. The molecular weight excluding hydrogens is 269 g/mol. The SMILES string of the molecule is Cl.Cl.N#Cc1ccccc1N1CC2CNCC2C1. The van der Waals surface area contributed by atoms with Gasteiger partial charge in [0.1, 0.15) is 6.07 Å². The molecule has 0 amide bonds. The number of benzene rings is 1. The number of hydrogen-bond acceptors (Lipinski definition) is 3. The number of anilines is 1. The predicted molar refractivity (Wildman–Crippen MR) is 77.7 cm³/mol. The molecular formula is C13H17Cl2N3. The van der Waals surface area contributed by atoms with E-state index in [0.717, 1.165) is 49.3 Å². The van der Waals surface area contributed by atoms with Gasteiger partial charge in [0.05, 0.1) is 11.3 Å². The third-order valence-electron chi connectivity index (χ3n) is 3.75. The highest BCUT2D eigenvalue weighted by atomic mass is 35.5. The average molecular weight is 286 g/mol. The lowest BCUT2D eigenvalue weighted by Gasteiger charge is -2.20. The molecule has 0 aliphatic carbocycles. The van der Waals surface area contributed by atoms with Crippen LogP contribution in [0.4, 0.5) is 5.69 Å². The van der Waals surface area contributed by atoms with Crippen molar-refractivity contribution in [2.24, 2.45) is 11.8 Å². The summed E-state index contributed by atoms with van der Waals surface area (Å²) in [5, 5.41) is 12.5. The van der Waals surface area contributed by atoms with Crippen LogP contribution in [0.15, 0.2) is 24.3 Å². The molecule has 0 spiro atoms. The van der Waals surface area contributed by atoms with Gasteiger partial charge >= 0.3 is 0 Å². The molecule has 0 bridgehead atoms. The van der Waals surface area contributed by atoms with Crippen LogP contribution < -0.4 is 10.2 Å². The highest BCUT2D eigenvalue weighted by Crippen LogP contribution is 2.31. The molecule has 2 atom stereocenters. The molecule has 2 aliphatic rings. The van der Waals surface area contributed by atoms with Crippen LogP contribution in [0.5, 0.6) is 0 Å². The van der Waals surface area contributed by atoms with E-state index in [0.29, 0.717) is 0 Å². The number of nitrogens with one attached hydrogen (secondary N) is 1. The number of halogens is 2. The zero-order valence-corrected chi connectivity index (χ0v) is 11.6. The Labute approximate surface area is 120 Å². The molecule has 2 heterocycles. The summed E-state index contributed by atoms with van der Waals surface area (Å²) in [6.07, 6.45) is 0. The van der Waals surface area contributed by atoms with Crippen molar-refractivity contribution < 1.29 is 0 Å². The average Bonchev–Trinajstić information content (AvgIpc) is 2.89. The fourth-order valence-electron chi connectivity index (χ4n) is 2.90. The van der Waals surface area contributed by atoms with Gasteiger partial charge in [-0.25, -0.2) is 0 Å². The van der Waals surface area contributed by atoms with E-state index >= 15 is 0 Å². The third-order valence-corrected chi connectivity index (χ3v) is 3.75. The van der Waals surface area contributed by atoms with Crippen molar-refractivity contribution in [1.82, 2.24) is 5.32 Å². The molecule has 0 saturated carbocycles. The number of nitriles is 1. The van der Waals surface area contributed by atoms with E-state index in [2.05, 4.69) is 22.4 Å². The lowest BCUT2D eigenvalue weighted by atomic mass is 10.0. The quantitative estimate of drug-likeness (QED) is 0.859. The second kappa shape index (κ2) is 6.29. The molecule has 1 aromatic rings. The van der Waals surface area contributed by atoms with Crippen molar-refractivity contribution in [1.29, 1.82) is 5.26 Å². The molecule has 5 heteroatoms. The number of para-hydroxylation sites is 1. The molecule has 2 unspecified atom stereocenters. The maximum absolute atomic E-state index is 9.09. The number of nitrogens with zero attached hydrogens (tertiary/aromatic N) is 2. The summed E-state index contributed by atoms with van der Waals surface area (Å²) in [7, 11) is 0. The molecule has 2 aliphatic heterocycles. The smallest absolute Gasteiger partial charge is 0.101 e. The van der Waals surface area contributed by atoms with Gasteiger partial charge in [0.15, 0.2) is 0 Å². The first-order chi connectivity index (χ1) is 7.88. The van der Waals surface area contributed by atoms with Gasteiger partial charge in [-0.3, -0.25) is 0 Å². The highest BCUT2D eigenvalue weighted by Gasteiger charge is 2.36. The van der Waals surface area contributed by atoms with E-state index in [1.165, 1.54) is 0 Å². The Morgan fingerprint density at radius 1 is 1.11 bits per heavy atom. The van der Waals surface area contributed by atoms with Crippen molar-refractivity contribution in [3.05, 3.63) is 29.8 Å². The van der Waals surface area contributed by atoms with Crippen molar-refractivity contribution in [2.75, 3.05) is 31.1 Å². The Morgan fingerprint density at radius 2 is 1.72 bits per heavy atom. The van der Waals surface area contributed by atoms with Crippen LogP contribution >= 0.6 is 24.8 Å². The summed E-state index contributed by atoms with van der Waals surface area (Å²) < 4.78 is 0. The first-order valence-electron chi connectivity index (χ1n) is 5.83. The Balaban J connectivity index is 0.000000810. The van der Waals surface area contributed by atoms with E-state index in [1.54, 1.807) is 0 Å². The molecule has 18 heavy (non-hydrogen) atoms. The zero-order chi connectivity index (χ0) is 11.0. The Morgan fingerprint density at radius 3 is 2.33 bits per heavy atom. The van der Waals surface area contributed by atoms with E-state index in [1.807, 2.05) is 18.2 Å². The van der Waals surface area contributed by atoms with Crippen LogP contribution in [0.1, 0.15) is 5.56 Å². The van der Waals surface area contributed by atoms with Crippen molar-refractivity contribution in [2.45, 2.75) is 0 Å². The minimum absolute atomic E-state index is 0. The first-order valence-corrected chi connectivity index (χ1v) is 5.83. The zero-order valence-electron chi connectivity index (χ0n) is 10.0. The predicted octanol–water partition coefficient (Wildman–Crippen LogP) is 2.06. The Bertz CT molecular complexity index is 432. The van der Waals surface area contributed by atoms with Crippen LogP contribution in [0.25, 0.3) is 0 Å². The standard InChI is InChI=1S/C13H15N3.2ClH/c14-5-10-3-1-2-4-13(10)16-8-11-6-15-7-12(11)9-16;;/h1-4,11-12,15H,6-9H2;2*1H. The minimum atomic E-state index is 0. The fourth-order valence-corrected chi connectivity index (χ4v) is 2.90. The number of hydrogen-bond donors (Lipinski definition) is 1. The molecule has 3 nitrogen and oxygen atoms in total. The van der Waals surface area contributed by atoms with Crippen LogP contribution in [0.2, 0.25) is 0 Å². The first kappa shape index (κ1) is 15.1. The number of fused-ring (bicyclic) bond motifs is 1. The van der Waals surface area contributed by atoms with Gasteiger partial charge in [-0.05, 0) is 24.0 Å². The Hall–Kier alpha value is -0.950. The molecule has 0 radical (unpaired) electrons. The Kier molecular flexibility index (Phi) is 5.28. The summed E-state index contributed by atoms with van der Waals surface area (Å²) >= 11 is 0. The summed E-state index contributed by atoms with van der Waals surface area (Å²) in [6.45, 7) is 4.46. The van der Waals surface area contributed by atoms with Gasteiger partial charge in [-0.2, -0.15) is 5.26 Å². The molecule has 1 aromatic carbocycles. The van der Waals surface area contributed by atoms with E-state index in [9.17, 15) is 0 Å². The molecule has 2 saturated heterocycles. The molecule has 2 fully saturated rings. The van der Waals surface area contributed by atoms with Gasteiger partial charge in [0, 0.05) is 26.2 Å². The second-order valence-electron chi connectivity index (χ2n) is 4.71. The lowest BCUT2D eigenvalue weighted by Crippen LogP contribution is -2.25. The van der Waals surface area contributed by atoms with E-state index in [-0.39, 0.29) is 24.8 Å². The monoisotopic (exact) mass is 285 g/mol. The van der Waals surface area contributed by atoms with E-state index in [4.69, 9.17) is 5.26 Å². The molecule has 1 N–H and O–H groups in total. The maximum atomic E-state index is 9.09. The van der Waals surface area contributed by atoms with Crippen LogP contribution in [0, 0.1) is 23.2 Å². The molecule has 0 aromatic heterocycles. The van der Waals surface area contributed by atoms with Crippen molar-refractivity contribution >= 4 is 30.5 Å². The summed E-state index contributed by atoms with van der Waals surface area (Å²) in [4.78, 5) is 2.37. The van der Waals surface area contributed by atoms with Gasteiger partial charge in [0.25, 0.3) is 0 Å². The minimum Gasteiger partial charge on any atom is -0.370 e. The van der Waals surface area contributed by atoms with Crippen LogP contribution in [-0.4, -0.2) is 26.2 Å². The van der Waals surface area contributed by atoms with Gasteiger partial charge < -0.3 is 10.2 Å². The van der Waals surface area contributed by atoms with Crippen LogP contribution in [-0.2, 0) is 0 Å².